The number of benzene rings is 2. The molecule has 1 heterocycles. The zero-order valence-corrected chi connectivity index (χ0v) is 13.9. The van der Waals surface area contributed by atoms with Crippen LogP contribution in [-0.2, 0) is 4.79 Å². The highest BCUT2D eigenvalue weighted by molar-refractivity contribution is 9.10. The van der Waals surface area contributed by atoms with Gasteiger partial charge < -0.3 is 15.5 Å². The summed E-state index contributed by atoms with van der Waals surface area (Å²) in [5.41, 5.74) is 1.55. The van der Waals surface area contributed by atoms with E-state index in [2.05, 4.69) is 26.6 Å². The lowest BCUT2D eigenvalue weighted by atomic mass is 10.2. The molecule has 1 aliphatic rings. The summed E-state index contributed by atoms with van der Waals surface area (Å²) in [4.78, 5) is 25.9. The molecule has 0 unspecified atom stereocenters. The van der Waals surface area contributed by atoms with Crippen molar-refractivity contribution in [2.24, 2.45) is 0 Å². The van der Waals surface area contributed by atoms with Crippen LogP contribution in [-0.4, -0.2) is 24.5 Å². The summed E-state index contributed by atoms with van der Waals surface area (Å²) < 4.78 is 0.890. The van der Waals surface area contributed by atoms with Gasteiger partial charge >= 0.3 is 6.03 Å². The first-order valence-corrected chi connectivity index (χ1v) is 8.09. The van der Waals surface area contributed by atoms with E-state index in [0.717, 1.165) is 10.2 Å². The summed E-state index contributed by atoms with van der Waals surface area (Å²) in [5.74, 6) is 0.0176. The van der Waals surface area contributed by atoms with Crippen LogP contribution < -0.4 is 15.5 Å². The maximum absolute atomic E-state index is 12.1. The van der Waals surface area contributed by atoms with Crippen LogP contribution in [0.2, 0.25) is 0 Å². The van der Waals surface area contributed by atoms with Crippen molar-refractivity contribution in [2.75, 3.05) is 16.8 Å². The molecule has 2 N–H and O–H groups in total. The fourth-order valence-corrected chi connectivity index (χ4v) is 2.98. The maximum atomic E-state index is 12.1. The van der Waals surface area contributed by atoms with Gasteiger partial charge in [-0.2, -0.15) is 0 Å². The molecule has 6 heteroatoms. The Morgan fingerprint density at radius 3 is 2.65 bits per heavy atom. The Labute approximate surface area is 142 Å². The third-order valence-electron chi connectivity index (χ3n) is 3.61. The van der Waals surface area contributed by atoms with Crippen LogP contribution in [0.5, 0.6) is 0 Å². The molecular weight excluding hydrogens is 358 g/mol. The molecule has 5 nitrogen and oxygen atoms in total. The number of carbonyl (C=O) groups excluding carboxylic acids is 2. The predicted molar refractivity (Wildman–Crippen MR) is 93.5 cm³/mol. The van der Waals surface area contributed by atoms with Gasteiger partial charge in [0.2, 0.25) is 5.91 Å². The Bertz CT molecular complexity index is 721. The molecular formula is C17H16BrN3O2. The first kappa shape index (κ1) is 15.6. The first-order valence-electron chi connectivity index (χ1n) is 7.30. The Morgan fingerprint density at radius 1 is 1.13 bits per heavy atom. The quantitative estimate of drug-likeness (QED) is 0.866. The summed E-state index contributed by atoms with van der Waals surface area (Å²) in [5, 5.41) is 5.62. The van der Waals surface area contributed by atoms with Crippen molar-refractivity contribution in [3.05, 3.63) is 59.1 Å². The summed E-state index contributed by atoms with van der Waals surface area (Å²) >= 11 is 3.36. The fraction of sp³-hybridized carbons (Fsp3) is 0.176. The summed E-state index contributed by atoms with van der Waals surface area (Å²) in [7, 11) is 0. The number of amides is 3. The van der Waals surface area contributed by atoms with Crippen LogP contribution >= 0.6 is 15.9 Å². The molecule has 118 valence electrons. The van der Waals surface area contributed by atoms with Gasteiger partial charge in [0, 0.05) is 28.8 Å². The van der Waals surface area contributed by atoms with Crippen LogP contribution in [0.3, 0.4) is 0 Å². The highest BCUT2D eigenvalue weighted by atomic mass is 79.9. The van der Waals surface area contributed by atoms with E-state index in [1.54, 1.807) is 11.0 Å². The van der Waals surface area contributed by atoms with Crippen molar-refractivity contribution in [3.63, 3.8) is 0 Å². The van der Waals surface area contributed by atoms with Gasteiger partial charge in [0.1, 0.15) is 0 Å². The SMILES string of the molecule is O=C(Nc1cccc(Br)c1)N[C@@H]1CC(=O)N(c2ccccc2)C1. The van der Waals surface area contributed by atoms with Crippen LogP contribution in [0.15, 0.2) is 59.1 Å². The standard InChI is InChI=1S/C17H16BrN3O2/c18-12-5-4-6-13(9-12)19-17(23)20-14-10-16(22)21(11-14)15-7-2-1-3-8-15/h1-9,14H,10-11H2,(H2,19,20,23)/t14-/m1/s1. The molecule has 0 spiro atoms. The topological polar surface area (TPSA) is 61.4 Å². The number of hydrogen-bond donors (Lipinski definition) is 2. The van der Waals surface area contributed by atoms with E-state index in [4.69, 9.17) is 0 Å². The highest BCUT2D eigenvalue weighted by Crippen LogP contribution is 2.21. The number of nitrogens with zero attached hydrogens (tertiary/aromatic N) is 1. The molecule has 2 aromatic rings. The third-order valence-corrected chi connectivity index (χ3v) is 4.10. The number of carbonyl (C=O) groups is 2. The van der Waals surface area contributed by atoms with E-state index in [1.165, 1.54) is 0 Å². The minimum atomic E-state index is -0.309. The van der Waals surface area contributed by atoms with Crippen LogP contribution in [0.1, 0.15) is 6.42 Å². The smallest absolute Gasteiger partial charge is 0.319 e. The number of rotatable bonds is 3. The van der Waals surface area contributed by atoms with Crippen molar-refractivity contribution >= 4 is 39.2 Å². The molecule has 2 aromatic carbocycles. The molecule has 1 fully saturated rings. The zero-order chi connectivity index (χ0) is 16.2. The number of halogens is 1. The van der Waals surface area contributed by atoms with Crippen molar-refractivity contribution in [3.8, 4) is 0 Å². The minimum absolute atomic E-state index is 0.0176. The maximum Gasteiger partial charge on any atom is 0.319 e. The molecule has 3 amide bonds. The monoisotopic (exact) mass is 373 g/mol. The summed E-state index contributed by atoms with van der Waals surface area (Å²) in [6.45, 7) is 0.481. The lowest BCUT2D eigenvalue weighted by Crippen LogP contribution is -2.39. The number of urea groups is 1. The van der Waals surface area contributed by atoms with Crippen molar-refractivity contribution in [1.82, 2.24) is 5.32 Å². The van der Waals surface area contributed by atoms with Crippen LogP contribution in [0, 0.1) is 0 Å². The Balaban J connectivity index is 1.59. The van der Waals surface area contributed by atoms with Gasteiger partial charge in [0.15, 0.2) is 0 Å². The largest absolute Gasteiger partial charge is 0.333 e. The minimum Gasteiger partial charge on any atom is -0.333 e. The van der Waals surface area contributed by atoms with E-state index in [9.17, 15) is 9.59 Å². The Morgan fingerprint density at radius 2 is 1.91 bits per heavy atom. The lowest BCUT2D eigenvalue weighted by Gasteiger charge is -2.17. The fourth-order valence-electron chi connectivity index (χ4n) is 2.58. The van der Waals surface area contributed by atoms with Gasteiger partial charge in [0.05, 0.1) is 6.04 Å². The lowest BCUT2D eigenvalue weighted by molar-refractivity contribution is -0.117. The van der Waals surface area contributed by atoms with E-state index in [-0.39, 0.29) is 18.0 Å². The first-order chi connectivity index (χ1) is 11.1. The zero-order valence-electron chi connectivity index (χ0n) is 12.3. The number of nitrogens with one attached hydrogen (secondary N) is 2. The normalized spacial score (nSPS) is 17.2. The molecule has 0 bridgehead atoms. The third kappa shape index (κ3) is 3.90. The molecule has 3 rings (SSSR count). The van der Waals surface area contributed by atoms with Crippen molar-refractivity contribution in [1.29, 1.82) is 0 Å². The van der Waals surface area contributed by atoms with Crippen molar-refractivity contribution in [2.45, 2.75) is 12.5 Å². The van der Waals surface area contributed by atoms with Gasteiger partial charge in [-0.1, -0.05) is 40.2 Å². The number of anilines is 2. The molecule has 1 aliphatic heterocycles. The van der Waals surface area contributed by atoms with Gasteiger partial charge in [-0.25, -0.2) is 4.79 Å². The number of hydrogen-bond acceptors (Lipinski definition) is 2. The van der Waals surface area contributed by atoms with E-state index < -0.39 is 0 Å². The highest BCUT2D eigenvalue weighted by Gasteiger charge is 2.31. The van der Waals surface area contributed by atoms with Crippen LogP contribution in [0.4, 0.5) is 16.2 Å². The average molecular weight is 374 g/mol. The summed E-state index contributed by atoms with van der Waals surface area (Å²) in [6.07, 6.45) is 0.306. The summed E-state index contributed by atoms with van der Waals surface area (Å²) in [6, 6.07) is 16.3. The van der Waals surface area contributed by atoms with Gasteiger partial charge in [-0.05, 0) is 30.3 Å². The average Bonchev–Trinajstić information content (AvgIpc) is 2.88. The molecule has 0 radical (unpaired) electrons. The van der Waals surface area contributed by atoms with E-state index in [0.29, 0.717) is 18.7 Å². The Hall–Kier alpha value is -2.34. The van der Waals surface area contributed by atoms with Gasteiger partial charge in [0.25, 0.3) is 0 Å². The predicted octanol–water partition coefficient (Wildman–Crippen LogP) is 3.38. The second-order valence-corrected chi connectivity index (χ2v) is 6.27. The molecule has 0 aromatic heterocycles. The molecule has 1 atom stereocenters. The van der Waals surface area contributed by atoms with E-state index in [1.807, 2.05) is 48.5 Å². The van der Waals surface area contributed by atoms with E-state index >= 15 is 0 Å². The molecule has 23 heavy (non-hydrogen) atoms. The second-order valence-electron chi connectivity index (χ2n) is 5.35. The van der Waals surface area contributed by atoms with Crippen molar-refractivity contribution < 1.29 is 9.59 Å². The van der Waals surface area contributed by atoms with Crippen LogP contribution in [0.25, 0.3) is 0 Å². The molecule has 1 saturated heterocycles. The van der Waals surface area contributed by atoms with Gasteiger partial charge in [-0.3, -0.25) is 4.79 Å². The molecule has 0 aliphatic carbocycles. The Kier molecular flexibility index (Phi) is 4.62. The number of para-hydroxylation sites is 1. The van der Waals surface area contributed by atoms with Gasteiger partial charge in [-0.15, -0.1) is 0 Å². The molecule has 0 saturated carbocycles. The second kappa shape index (κ2) is 6.83.